The van der Waals surface area contributed by atoms with E-state index in [2.05, 4.69) is 10.00 Å². The first kappa shape index (κ1) is 20.4. The van der Waals surface area contributed by atoms with Crippen LogP contribution in [-0.4, -0.2) is 58.8 Å². The molecule has 0 bridgehead atoms. The SMILES string of the molecule is COc1ccc(Cl)cc1CN1CCN(C(=O)c2ccn(-c3ccccc3F)n2)CC1. The van der Waals surface area contributed by atoms with Crippen molar-refractivity contribution >= 4 is 17.5 Å². The van der Waals surface area contributed by atoms with E-state index < -0.39 is 0 Å². The first-order valence-electron chi connectivity index (χ1n) is 9.70. The number of hydrogen-bond acceptors (Lipinski definition) is 4. The van der Waals surface area contributed by atoms with Gasteiger partial charge >= 0.3 is 0 Å². The van der Waals surface area contributed by atoms with Crippen molar-refractivity contribution in [2.45, 2.75) is 6.54 Å². The Morgan fingerprint density at radius 2 is 1.90 bits per heavy atom. The van der Waals surface area contributed by atoms with Crippen LogP contribution in [0.1, 0.15) is 16.1 Å². The molecule has 1 aliphatic rings. The van der Waals surface area contributed by atoms with E-state index in [-0.39, 0.29) is 11.7 Å². The molecule has 1 saturated heterocycles. The molecular formula is C22H22ClFN4O2. The Kier molecular flexibility index (Phi) is 6.01. The minimum absolute atomic E-state index is 0.148. The quantitative estimate of drug-likeness (QED) is 0.622. The maximum absolute atomic E-state index is 14.0. The van der Waals surface area contributed by atoms with Crippen LogP contribution in [0, 0.1) is 5.82 Å². The van der Waals surface area contributed by atoms with Gasteiger partial charge in [0.15, 0.2) is 5.69 Å². The maximum atomic E-state index is 14.0. The number of para-hydroxylation sites is 1. The lowest BCUT2D eigenvalue weighted by Gasteiger charge is -2.34. The van der Waals surface area contributed by atoms with Gasteiger partial charge in [-0.05, 0) is 36.4 Å². The van der Waals surface area contributed by atoms with Crippen molar-refractivity contribution < 1.29 is 13.9 Å². The summed E-state index contributed by atoms with van der Waals surface area (Å²) >= 11 is 6.12. The van der Waals surface area contributed by atoms with Crippen LogP contribution < -0.4 is 4.74 Å². The van der Waals surface area contributed by atoms with Crippen LogP contribution in [0.4, 0.5) is 4.39 Å². The number of carbonyl (C=O) groups is 1. The van der Waals surface area contributed by atoms with Gasteiger partial charge in [-0.2, -0.15) is 5.10 Å². The van der Waals surface area contributed by atoms with Crippen LogP contribution in [0.2, 0.25) is 5.02 Å². The number of nitrogens with zero attached hydrogens (tertiary/aromatic N) is 4. The first-order chi connectivity index (χ1) is 14.5. The molecule has 0 saturated carbocycles. The van der Waals surface area contributed by atoms with Crippen LogP contribution in [0.15, 0.2) is 54.7 Å². The smallest absolute Gasteiger partial charge is 0.274 e. The molecule has 0 atom stereocenters. The highest BCUT2D eigenvalue weighted by Gasteiger charge is 2.24. The van der Waals surface area contributed by atoms with E-state index in [9.17, 15) is 9.18 Å². The maximum Gasteiger partial charge on any atom is 0.274 e. The zero-order valence-corrected chi connectivity index (χ0v) is 17.3. The van der Waals surface area contributed by atoms with Gasteiger partial charge in [0.25, 0.3) is 5.91 Å². The van der Waals surface area contributed by atoms with E-state index in [0.717, 1.165) is 24.4 Å². The second-order valence-corrected chi connectivity index (χ2v) is 7.56. The fraction of sp³-hybridized carbons (Fsp3) is 0.273. The van der Waals surface area contributed by atoms with Gasteiger partial charge in [0, 0.05) is 49.5 Å². The molecule has 1 aliphatic heterocycles. The number of carbonyl (C=O) groups excluding carboxylic acids is 1. The normalized spacial score (nSPS) is 14.7. The van der Waals surface area contributed by atoms with Crippen molar-refractivity contribution in [3.05, 3.63) is 76.8 Å². The number of hydrogen-bond donors (Lipinski definition) is 0. The molecule has 8 heteroatoms. The lowest BCUT2D eigenvalue weighted by Crippen LogP contribution is -2.48. The van der Waals surface area contributed by atoms with E-state index in [1.54, 1.807) is 48.5 Å². The Morgan fingerprint density at radius 3 is 2.63 bits per heavy atom. The molecule has 1 aromatic heterocycles. The molecular weight excluding hydrogens is 407 g/mol. The number of rotatable bonds is 5. The second kappa shape index (κ2) is 8.85. The highest BCUT2D eigenvalue weighted by molar-refractivity contribution is 6.30. The molecule has 3 aromatic rings. The standard InChI is InChI=1S/C22H22ClFN4O2/c1-30-21-7-6-17(23)14-16(21)15-26-10-12-27(13-11-26)22(29)19-8-9-28(25-19)20-5-3-2-4-18(20)24/h2-9,14H,10-13,15H2,1H3. The lowest BCUT2D eigenvalue weighted by atomic mass is 10.1. The van der Waals surface area contributed by atoms with Crippen molar-refractivity contribution in [3.63, 3.8) is 0 Å². The van der Waals surface area contributed by atoms with Gasteiger partial charge in [0.05, 0.1) is 7.11 Å². The summed E-state index contributed by atoms with van der Waals surface area (Å²) in [7, 11) is 1.64. The van der Waals surface area contributed by atoms with Gasteiger partial charge in [0.2, 0.25) is 0 Å². The van der Waals surface area contributed by atoms with Crippen LogP contribution >= 0.6 is 11.6 Å². The molecule has 0 N–H and O–H groups in total. The van der Waals surface area contributed by atoms with E-state index in [0.29, 0.717) is 36.0 Å². The van der Waals surface area contributed by atoms with E-state index in [4.69, 9.17) is 16.3 Å². The van der Waals surface area contributed by atoms with Gasteiger partial charge in [-0.1, -0.05) is 23.7 Å². The van der Waals surface area contributed by atoms with Crippen molar-refractivity contribution in [1.29, 1.82) is 0 Å². The first-order valence-corrected chi connectivity index (χ1v) is 10.1. The topological polar surface area (TPSA) is 50.6 Å². The van der Waals surface area contributed by atoms with E-state index in [1.165, 1.54) is 10.7 Å². The fourth-order valence-corrected chi connectivity index (χ4v) is 3.79. The second-order valence-electron chi connectivity index (χ2n) is 7.12. The molecule has 4 rings (SSSR count). The predicted octanol–water partition coefficient (Wildman–Crippen LogP) is 3.63. The Labute approximate surface area is 179 Å². The summed E-state index contributed by atoms with van der Waals surface area (Å²) in [5.41, 5.74) is 1.65. The highest BCUT2D eigenvalue weighted by atomic mass is 35.5. The summed E-state index contributed by atoms with van der Waals surface area (Å²) in [5, 5.41) is 4.95. The Bertz CT molecular complexity index is 1050. The van der Waals surface area contributed by atoms with Crippen LogP contribution in [-0.2, 0) is 6.54 Å². The summed E-state index contributed by atoms with van der Waals surface area (Å²) in [6.07, 6.45) is 1.60. The predicted molar refractivity (Wildman–Crippen MR) is 113 cm³/mol. The molecule has 30 heavy (non-hydrogen) atoms. The molecule has 0 radical (unpaired) electrons. The minimum atomic E-state index is -0.385. The lowest BCUT2D eigenvalue weighted by molar-refractivity contribution is 0.0621. The Morgan fingerprint density at radius 1 is 1.13 bits per heavy atom. The minimum Gasteiger partial charge on any atom is -0.496 e. The zero-order chi connectivity index (χ0) is 21.1. The third-order valence-corrected chi connectivity index (χ3v) is 5.44. The summed E-state index contributed by atoms with van der Waals surface area (Å²) in [6.45, 7) is 3.35. The third kappa shape index (κ3) is 4.32. The number of amides is 1. The Balaban J connectivity index is 1.38. The van der Waals surface area contributed by atoms with Gasteiger partial charge in [-0.3, -0.25) is 9.69 Å². The van der Waals surface area contributed by atoms with Gasteiger partial charge in [-0.25, -0.2) is 9.07 Å². The molecule has 0 unspecified atom stereocenters. The van der Waals surface area contributed by atoms with Crippen molar-refractivity contribution in [1.82, 2.24) is 19.6 Å². The number of piperazine rings is 1. The van der Waals surface area contributed by atoms with Crippen molar-refractivity contribution in [3.8, 4) is 11.4 Å². The number of halogens is 2. The largest absolute Gasteiger partial charge is 0.496 e. The summed E-state index contributed by atoms with van der Waals surface area (Å²) in [6, 6.07) is 13.5. The van der Waals surface area contributed by atoms with Crippen LogP contribution in [0.3, 0.4) is 0 Å². The monoisotopic (exact) mass is 428 g/mol. The van der Waals surface area contributed by atoms with E-state index in [1.807, 2.05) is 12.1 Å². The molecule has 1 amide bonds. The van der Waals surface area contributed by atoms with Crippen molar-refractivity contribution in [2.75, 3.05) is 33.3 Å². The molecule has 0 aliphatic carbocycles. The average Bonchev–Trinajstić information content (AvgIpc) is 3.24. The molecule has 0 spiro atoms. The van der Waals surface area contributed by atoms with Gasteiger partial charge in [0.1, 0.15) is 17.3 Å². The van der Waals surface area contributed by atoms with Crippen LogP contribution in [0.5, 0.6) is 5.75 Å². The average molecular weight is 429 g/mol. The molecule has 2 heterocycles. The Hall–Kier alpha value is -2.90. The summed E-state index contributed by atoms with van der Waals surface area (Å²) in [4.78, 5) is 16.9. The summed E-state index contributed by atoms with van der Waals surface area (Å²) < 4.78 is 20.8. The number of ether oxygens (including phenoxy) is 1. The highest BCUT2D eigenvalue weighted by Crippen LogP contribution is 2.24. The summed E-state index contributed by atoms with van der Waals surface area (Å²) in [5.74, 6) is 0.270. The number of benzene rings is 2. The number of methoxy groups -OCH3 is 1. The molecule has 156 valence electrons. The third-order valence-electron chi connectivity index (χ3n) is 5.20. The van der Waals surface area contributed by atoms with Gasteiger partial charge in [-0.15, -0.1) is 0 Å². The van der Waals surface area contributed by atoms with Gasteiger partial charge < -0.3 is 9.64 Å². The van der Waals surface area contributed by atoms with E-state index >= 15 is 0 Å². The fourth-order valence-electron chi connectivity index (χ4n) is 3.59. The molecule has 6 nitrogen and oxygen atoms in total. The van der Waals surface area contributed by atoms with Crippen molar-refractivity contribution in [2.24, 2.45) is 0 Å². The van der Waals surface area contributed by atoms with Crippen LogP contribution in [0.25, 0.3) is 5.69 Å². The molecule has 2 aromatic carbocycles. The molecule has 1 fully saturated rings. The zero-order valence-electron chi connectivity index (χ0n) is 16.6. The number of aromatic nitrogens is 2.